The van der Waals surface area contributed by atoms with Crippen LogP contribution < -0.4 is 5.32 Å². The number of fused-ring (bicyclic) bond motifs is 1. The van der Waals surface area contributed by atoms with Crippen molar-refractivity contribution in [2.75, 3.05) is 17.3 Å². The minimum absolute atomic E-state index is 0.115. The van der Waals surface area contributed by atoms with E-state index in [2.05, 4.69) is 5.32 Å². The summed E-state index contributed by atoms with van der Waals surface area (Å²) < 4.78 is 40.4. The van der Waals surface area contributed by atoms with E-state index in [0.717, 1.165) is 11.0 Å². The van der Waals surface area contributed by atoms with Crippen LogP contribution in [0.25, 0.3) is 0 Å². The van der Waals surface area contributed by atoms with E-state index in [0.29, 0.717) is 11.8 Å². The number of nitrogens with one attached hydrogen (secondary N) is 1. The molecule has 0 saturated heterocycles. The zero-order valence-electron chi connectivity index (χ0n) is 14.7. The molecule has 0 aromatic heterocycles. The molecule has 0 unspecified atom stereocenters. The third-order valence-electron chi connectivity index (χ3n) is 4.33. The lowest BCUT2D eigenvalue weighted by molar-refractivity contribution is -0.120. The summed E-state index contributed by atoms with van der Waals surface area (Å²) in [5.74, 6) is -6.37. The molecule has 0 aliphatic carbocycles. The fraction of sp³-hybridized carbons (Fsp3) is 0.211. The number of amides is 3. The molecule has 3 rings (SSSR count). The minimum Gasteiger partial charge on any atom is -0.322 e. The van der Waals surface area contributed by atoms with E-state index in [1.54, 1.807) is 18.4 Å². The fourth-order valence-corrected chi connectivity index (χ4v) is 3.40. The highest BCUT2D eigenvalue weighted by Gasteiger charge is 2.42. The van der Waals surface area contributed by atoms with Crippen LogP contribution in [0, 0.1) is 17.5 Å². The monoisotopic (exact) mass is 408 g/mol. The SMILES string of the molecule is CSCC[C@@H](C(=O)Nc1ccc(F)c(F)c1F)N1C(=O)c2ccccc2C1=O. The number of imide groups is 1. The number of carbonyl (C=O) groups excluding carboxylic acids is 3. The summed E-state index contributed by atoms with van der Waals surface area (Å²) in [6.07, 6.45) is 1.90. The second kappa shape index (κ2) is 8.05. The van der Waals surface area contributed by atoms with Gasteiger partial charge in [0.25, 0.3) is 11.8 Å². The van der Waals surface area contributed by atoms with Gasteiger partial charge in [-0.25, -0.2) is 13.2 Å². The Balaban J connectivity index is 1.91. The smallest absolute Gasteiger partial charge is 0.262 e. The Bertz CT molecular complexity index is 932. The van der Waals surface area contributed by atoms with Gasteiger partial charge < -0.3 is 5.32 Å². The standard InChI is InChI=1S/C19H15F3N2O3S/c1-28-9-8-14(17(25)23-13-7-6-12(20)15(21)16(13)22)24-18(26)10-4-2-3-5-11(10)19(24)27/h2-7,14H,8-9H2,1H3,(H,23,25)/t14-/m0/s1. The number of hydrogen-bond acceptors (Lipinski definition) is 4. The minimum atomic E-state index is -1.72. The van der Waals surface area contributed by atoms with Crippen molar-refractivity contribution in [3.63, 3.8) is 0 Å². The molecular weight excluding hydrogens is 393 g/mol. The van der Waals surface area contributed by atoms with Gasteiger partial charge in [0.2, 0.25) is 5.91 Å². The number of benzene rings is 2. The van der Waals surface area contributed by atoms with Gasteiger partial charge in [0.15, 0.2) is 17.5 Å². The fourth-order valence-electron chi connectivity index (χ4n) is 2.94. The highest BCUT2D eigenvalue weighted by atomic mass is 32.2. The Morgan fingerprint density at radius 2 is 1.64 bits per heavy atom. The average Bonchev–Trinajstić information content (AvgIpc) is 2.94. The second-order valence-corrected chi connectivity index (χ2v) is 7.02. The summed E-state index contributed by atoms with van der Waals surface area (Å²) >= 11 is 1.39. The van der Waals surface area contributed by atoms with E-state index in [4.69, 9.17) is 0 Å². The maximum absolute atomic E-state index is 13.9. The molecule has 1 atom stereocenters. The van der Waals surface area contributed by atoms with Crippen molar-refractivity contribution in [1.29, 1.82) is 0 Å². The molecule has 0 fully saturated rings. The molecular formula is C19H15F3N2O3S. The van der Waals surface area contributed by atoms with Gasteiger partial charge in [-0.1, -0.05) is 12.1 Å². The largest absolute Gasteiger partial charge is 0.322 e. The summed E-state index contributed by atoms with van der Waals surface area (Å²) in [5.41, 5.74) is -0.225. The normalized spacial score (nSPS) is 14.2. The zero-order valence-corrected chi connectivity index (χ0v) is 15.5. The van der Waals surface area contributed by atoms with Crippen LogP contribution in [0.3, 0.4) is 0 Å². The Labute approximate surface area is 162 Å². The molecule has 146 valence electrons. The van der Waals surface area contributed by atoms with Gasteiger partial charge in [-0.15, -0.1) is 0 Å². The molecule has 9 heteroatoms. The number of halogens is 3. The van der Waals surface area contributed by atoms with Crippen LogP contribution in [0.15, 0.2) is 36.4 Å². The van der Waals surface area contributed by atoms with Crippen LogP contribution in [0.5, 0.6) is 0 Å². The van der Waals surface area contributed by atoms with Gasteiger partial charge in [-0.3, -0.25) is 19.3 Å². The first-order chi connectivity index (χ1) is 13.4. The molecule has 1 heterocycles. The second-order valence-electron chi connectivity index (χ2n) is 6.04. The Morgan fingerprint density at radius 1 is 1.04 bits per heavy atom. The topological polar surface area (TPSA) is 66.5 Å². The number of hydrogen-bond donors (Lipinski definition) is 1. The quantitative estimate of drug-likeness (QED) is 0.587. The van der Waals surface area contributed by atoms with Gasteiger partial charge in [-0.2, -0.15) is 11.8 Å². The number of thioether (sulfide) groups is 1. The van der Waals surface area contributed by atoms with Gasteiger partial charge in [0.05, 0.1) is 16.8 Å². The summed E-state index contributed by atoms with van der Waals surface area (Å²) in [4.78, 5) is 38.9. The first kappa shape index (κ1) is 19.9. The zero-order chi connectivity index (χ0) is 20.4. The van der Waals surface area contributed by atoms with Crippen LogP contribution in [-0.2, 0) is 4.79 Å². The van der Waals surface area contributed by atoms with Crippen molar-refractivity contribution in [2.24, 2.45) is 0 Å². The molecule has 0 saturated carbocycles. The molecule has 1 N–H and O–H groups in total. The van der Waals surface area contributed by atoms with Crippen LogP contribution in [0.1, 0.15) is 27.1 Å². The van der Waals surface area contributed by atoms with Gasteiger partial charge in [-0.05, 0) is 42.7 Å². The lowest BCUT2D eigenvalue weighted by atomic mass is 10.1. The molecule has 0 radical (unpaired) electrons. The molecule has 1 aliphatic heterocycles. The van der Waals surface area contributed by atoms with Crippen LogP contribution >= 0.6 is 11.8 Å². The summed E-state index contributed by atoms with van der Waals surface area (Å²) in [5, 5.41) is 2.16. The molecule has 0 bridgehead atoms. The maximum atomic E-state index is 13.9. The number of carbonyl (C=O) groups is 3. The van der Waals surface area contributed by atoms with Crippen molar-refractivity contribution in [1.82, 2.24) is 4.90 Å². The summed E-state index contributed by atoms with van der Waals surface area (Å²) in [6.45, 7) is 0. The van der Waals surface area contributed by atoms with E-state index >= 15 is 0 Å². The Morgan fingerprint density at radius 3 is 2.21 bits per heavy atom. The Kier molecular flexibility index (Phi) is 5.73. The van der Waals surface area contributed by atoms with Gasteiger partial charge in [0, 0.05) is 0 Å². The van der Waals surface area contributed by atoms with Gasteiger partial charge >= 0.3 is 0 Å². The van der Waals surface area contributed by atoms with Gasteiger partial charge in [0.1, 0.15) is 6.04 Å². The molecule has 5 nitrogen and oxygen atoms in total. The van der Waals surface area contributed by atoms with Crippen molar-refractivity contribution < 1.29 is 27.6 Å². The predicted molar refractivity (Wildman–Crippen MR) is 98.7 cm³/mol. The molecule has 28 heavy (non-hydrogen) atoms. The van der Waals surface area contributed by atoms with Crippen LogP contribution in [0.2, 0.25) is 0 Å². The Hall–Kier alpha value is -2.81. The van der Waals surface area contributed by atoms with Crippen LogP contribution in [0.4, 0.5) is 18.9 Å². The number of rotatable bonds is 6. The van der Waals surface area contributed by atoms with E-state index in [1.165, 1.54) is 23.9 Å². The first-order valence-electron chi connectivity index (χ1n) is 8.27. The predicted octanol–water partition coefficient (Wildman–Crippen LogP) is 3.46. The third kappa shape index (κ3) is 3.49. The van der Waals surface area contributed by atoms with Crippen molar-refractivity contribution in [3.05, 3.63) is 65.0 Å². The van der Waals surface area contributed by atoms with E-state index < -0.39 is 46.9 Å². The first-order valence-corrected chi connectivity index (χ1v) is 9.66. The summed E-state index contributed by atoms with van der Waals surface area (Å²) in [6, 6.07) is 6.48. The highest BCUT2D eigenvalue weighted by Crippen LogP contribution is 2.27. The molecule has 1 aliphatic rings. The lowest BCUT2D eigenvalue weighted by Gasteiger charge is -2.25. The van der Waals surface area contributed by atoms with E-state index in [9.17, 15) is 27.6 Å². The van der Waals surface area contributed by atoms with E-state index in [1.807, 2.05) is 0 Å². The van der Waals surface area contributed by atoms with Crippen molar-refractivity contribution in [3.8, 4) is 0 Å². The molecule has 0 spiro atoms. The van der Waals surface area contributed by atoms with Crippen LogP contribution in [-0.4, -0.2) is 40.7 Å². The summed E-state index contributed by atoms with van der Waals surface area (Å²) in [7, 11) is 0. The molecule has 2 aromatic carbocycles. The van der Waals surface area contributed by atoms with E-state index in [-0.39, 0.29) is 17.5 Å². The molecule has 3 amide bonds. The third-order valence-corrected chi connectivity index (χ3v) is 4.97. The molecule has 2 aromatic rings. The number of anilines is 1. The number of nitrogens with zero attached hydrogens (tertiary/aromatic N) is 1. The van der Waals surface area contributed by atoms with Crippen molar-refractivity contribution >= 4 is 35.2 Å². The highest BCUT2D eigenvalue weighted by molar-refractivity contribution is 7.98. The van der Waals surface area contributed by atoms with Crippen molar-refractivity contribution in [2.45, 2.75) is 12.5 Å². The average molecular weight is 408 g/mol. The lowest BCUT2D eigenvalue weighted by Crippen LogP contribution is -2.47. The maximum Gasteiger partial charge on any atom is 0.262 e.